The molecule has 2 heterocycles. The van der Waals surface area contributed by atoms with Gasteiger partial charge in [-0.25, -0.2) is 14.4 Å². The van der Waals surface area contributed by atoms with Crippen molar-refractivity contribution in [2.75, 3.05) is 11.9 Å². The minimum atomic E-state index is -0.367. The molecule has 18 heavy (non-hydrogen) atoms. The van der Waals surface area contributed by atoms with Crippen molar-refractivity contribution in [3.8, 4) is 11.3 Å². The van der Waals surface area contributed by atoms with Crippen LogP contribution in [-0.4, -0.2) is 21.5 Å². The molecule has 2 rings (SSSR count). The highest BCUT2D eigenvalue weighted by Crippen LogP contribution is 2.20. The number of nitrogens with one attached hydrogen (secondary N) is 1. The summed E-state index contributed by atoms with van der Waals surface area (Å²) >= 11 is 0. The quantitative estimate of drug-likeness (QED) is 0.901. The molecule has 0 aromatic carbocycles. The Hall–Kier alpha value is -2.04. The van der Waals surface area contributed by atoms with E-state index in [0.29, 0.717) is 11.3 Å². The Kier molecular flexibility index (Phi) is 3.82. The monoisotopic (exact) mass is 246 g/mol. The summed E-state index contributed by atoms with van der Waals surface area (Å²) in [5.41, 5.74) is 1.34. The smallest absolute Gasteiger partial charge is 0.142 e. The summed E-state index contributed by atoms with van der Waals surface area (Å²) in [6, 6.07) is 3.23. The molecule has 0 aliphatic rings. The lowest BCUT2D eigenvalue weighted by Crippen LogP contribution is -2.04. The van der Waals surface area contributed by atoms with Crippen molar-refractivity contribution in [2.45, 2.75) is 20.3 Å². The SMILES string of the molecule is CCNc1cc(-c2cncc(F)c2)nc(CC)n1. The summed E-state index contributed by atoms with van der Waals surface area (Å²) in [5, 5.41) is 3.14. The Bertz CT molecular complexity index is 542. The number of nitrogens with zero attached hydrogens (tertiary/aromatic N) is 3. The van der Waals surface area contributed by atoms with Crippen LogP contribution < -0.4 is 5.32 Å². The van der Waals surface area contributed by atoms with Gasteiger partial charge in [-0.1, -0.05) is 6.92 Å². The van der Waals surface area contributed by atoms with Gasteiger partial charge >= 0.3 is 0 Å². The molecule has 0 saturated heterocycles. The Morgan fingerprint density at radius 2 is 2.00 bits per heavy atom. The minimum Gasteiger partial charge on any atom is -0.370 e. The van der Waals surface area contributed by atoms with Gasteiger partial charge in [-0.15, -0.1) is 0 Å². The summed E-state index contributed by atoms with van der Waals surface area (Å²) in [6.07, 6.45) is 3.51. The normalized spacial score (nSPS) is 10.4. The van der Waals surface area contributed by atoms with Crippen molar-refractivity contribution in [3.63, 3.8) is 0 Å². The van der Waals surface area contributed by atoms with E-state index < -0.39 is 0 Å². The van der Waals surface area contributed by atoms with Crippen molar-refractivity contribution in [1.29, 1.82) is 0 Å². The van der Waals surface area contributed by atoms with Crippen LogP contribution in [0.2, 0.25) is 0 Å². The van der Waals surface area contributed by atoms with Gasteiger partial charge in [0.2, 0.25) is 0 Å². The Balaban J connectivity index is 2.46. The van der Waals surface area contributed by atoms with E-state index in [2.05, 4.69) is 20.3 Å². The third-order valence-electron chi connectivity index (χ3n) is 2.45. The first-order valence-electron chi connectivity index (χ1n) is 5.95. The lowest BCUT2D eigenvalue weighted by molar-refractivity contribution is 0.622. The van der Waals surface area contributed by atoms with E-state index in [1.165, 1.54) is 12.3 Å². The fraction of sp³-hybridized carbons (Fsp3) is 0.308. The van der Waals surface area contributed by atoms with E-state index in [9.17, 15) is 4.39 Å². The molecule has 0 saturated carbocycles. The van der Waals surface area contributed by atoms with Gasteiger partial charge in [-0.05, 0) is 13.0 Å². The van der Waals surface area contributed by atoms with Crippen LogP contribution >= 0.6 is 0 Å². The van der Waals surface area contributed by atoms with Gasteiger partial charge in [0.1, 0.15) is 17.5 Å². The van der Waals surface area contributed by atoms with E-state index in [4.69, 9.17) is 0 Å². The van der Waals surface area contributed by atoms with Gasteiger partial charge in [-0.3, -0.25) is 4.98 Å². The number of aryl methyl sites for hydroxylation is 1. The molecule has 0 unspecified atom stereocenters. The number of hydrogen-bond donors (Lipinski definition) is 1. The molecule has 0 bridgehead atoms. The van der Waals surface area contributed by atoms with Crippen molar-refractivity contribution >= 4 is 5.82 Å². The van der Waals surface area contributed by atoms with Crippen molar-refractivity contribution in [2.24, 2.45) is 0 Å². The van der Waals surface area contributed by atoms with Crippen LogP contribution in [0.3, 0.4) is 0 Å². The van der Waals surface area contributed by atoms with Gasteiger partial charge in [-0.2, -0.15) is 0 Å². The molecule has 0 amide bonds. The number of anilines is 1. The molecule has 2 aromatic rings. The summed E-state index contributed by atoms with van der Waals surface area (Å²) in [7, 11) is 0. The molecule has 0 aliphatic heterocycles. The molecule has 4 nitrogen and oxygen atoms in total. The van der Waals surface area contributed by atoms with Crippen molar-refractivity contribution in [1.82, 2.24) is 15.0 Å². The van der Waals surface area contributed by atoms with E-state index in [1.807, 2.05) is 13.8 Å². The molecule has 0 spiro atoms. The molecule has 1 N–H and O–H groups in total. The van der Waals surface area contributed by atoms with Crippen LogP contribution in [0.4, 0.5) is 10.2 Å². The molecule has 0 aliphatic carbocycles. The van der Waals surface area contributed by atoms with Gasteiger partial charge in [0, 0.05) is 30.8 Å². The highest BCUT2D eigenvalue weighted by atomic mass is 19.1. The highest BCUT2D eigenvalue weighted by molar-refractivity contribution is 5.61. The largest absolute Gasteiger partial charge is 0.370 e. The zero-order valence-electron chi connectivity index (χ0n) is 10.4. The highest BCUT2D eigenvalue weighted by Gasteiger charge is 2.06. The fourth-order valence-electron chi connectivity index (χ4n) is 1.63. The first-order chi connectivity index (χ1) is 8.72. The summed E-state index contributed by atoms with van der Waals surface area (Å²) in [6.45, 7) is 4.76. The van der Waals surface area contributed by atoms with Gasteiger partial charge in [0.25, 0.3) is 0 Å². The zero-order chi connectivity index (χ0) is 13.0. The summed E-state index contributed by atoms with van der Waals surface area (Å²) in [5.74, 6) is 1.12. The number of halogens is 1. The number of hydrogen-bond acceptors (Lipinski definition) is 4. The first kappa shape index (κ1) is 12.4. The van der Waals surface area contributed by atoms with Crippen LogP contribution in [0, 0.1) is 5.82 Å². The summed E-state index contributed by atoms with van der Waals surface area (Å²) < 4.78 is 13.2. The second kappa shape index (κ2) is 5.53. The van der Waals surface area contributed by atoms with Crippen LogP contribution in [0.5, 0.6) is 0 Å². The number of rotatable bonds is 4. The average molecular weight is 246 g/mol. The number of pyridine rings is 1. The predicted molar refractivity (Wildman–Crippen MR) is 68.8 cm³/mol. The maximum absolute atomic E-state index is 13.2. The zero-order valence-corrected chi connectivity index (χ0v) is 10.4. The average Bonchev–Trinajstić information content (AvgIpc) is 2.39. The Morgan fingerprint density at radius 3 is 2.67 bits per heavy atom. The molecule has 0 fully saturated rings. The van der Waals surface area contributed by atoms with Gasteiger partial charge in [0.15, 0.2) is 0 Å². The standard InChI is InChI=1S/C13H15FN4/c1-3-12-17-11(6-13(18-12)16-4-2)9-5-10(14)8-15-7-9/h5-8H,3-4H2,1-2H3,(H,16,17,18). The lowest BCUT2D eigenvalue weighted by Gasteiger charge is -2.08. The van der Waals surface area contributed by atoms with Crippen LogP contribution in [-0.2, 0) is 6.42 Å². The number of aromatic nitrogens is 3. The minimum absolute atomic E-state index is 0.367. The van der Waals surface area contributed by atoms with Crippen molar-refractivity contribution < 1.29 is 4.39 Å². The fourth-order valence-corrected chi connectivity index (χ4v) is 1.63. The molecule has 0 atom stereocenters. The molecular formula is C13H15FN4. The third-order valence-corrected chi connectivity index (χ3v) is 2.45. The third kappa shape index (κ3) is 2.80. The van der Waals surface area contributed by atoms with E-state index >= 15 is 0 Å². The van der Waals surface area contributed by atoms with Crippen LogP contribution in [0.25, 0.3) is 11.3 Å². The van der Waals surface area contributed by atoms with E-state index in [0.717, 1.165) is 24.6 Å². The molecule has 94 valence electrons. The Morgan fingerprint density at radius 1 is 1.17 bits per heavy atom. The maximum Gasteiger partial charge on any atom is 0.142 e. The second-order valence-electron chi connectivity index (χ2n) is 3.83. The van der Waals surface area contributed by atoms with Crippen LogP contribution in [0.1, 0.15) is 19.7 Å². The van der Waals surface area contributed by atoms with Gasteiger partial charge in [0.05, 0.1) is 11.9 Å². The molecule has 2 aromatic heterocycles. The lowest BCUT2D eigenvalue weighted by atomic mass is 10.2. The molecule has 0 radical (unpaired) electrons. The topological polar surface area (TPSA) is 50.7 Å². The first-order valence-corrected chi connectivity index (χ1v) is 5.95. The maximum atomic E-state index is 13.2. The Labute approximate surface area is 105 Å². The van der Waals surface area contributed by atoms with Gasteiger partial charge < -0.3 is 5.32 Å². The predicted octanol–water partition coefficient (Wildman–Crippen LogP) is 2.67. The van der Waals surface area contributed by atoms with Crippen LogP contribution in [0.15, 0.2) is 24.5 Å². The summed E-state index contributed by atoms with van der Waals surface area (Å²) in [4.78, 5) is 12.6. The molecule has 5 heteroatoms. The van der Waals surface area contributed by atoms with E-state index in [-0.39, 0.29) is 5.82 Å². The second-order valence-corrected chi connectivity index (χ2v) is 3.83. The molecular weight excluding hydrogens is 231 g/mol. The van der Waals surface area contributed by atoms with E-state index in [1.54, 1.807) is 12.3 Å². The van der Waals surface area contributed by atoms with Crippen molar-refractivity contribution in [3.05, 3.63) is 36.2 Å².